The molecule has 0 aromatic carbocycles. The monoisotopic (exact) mass is 226 g/mol. The average Bonchev–Trinajstić information content (AvgIpc) is 2.61. The maximum Gasteiger partial charge on any atom is 0.107 e. The third-order valence-electron chi connectivity index (χ3n) is 2.46. The summed E-state index contributed by atoms with van der Waals surface area (Å²) in [5.41, 5.74) is 1.41. The molecule has 1 rings (SSSR count). The van der Waals surface area contributed by atoms with E-state index in [4.69, 9.17) is 0 Å². The van der Waals surface area contributed by atoms with Crippen LogP contribution in [0, 0.1) is 0 Å². The van der Waals surface area contributed by atoms with Crippen LogP contribution in [0.5, 0.6) is 0 Å². The van der Waals surface area contributed by atoms with Crippen molar-refractivity contribution in [3.8, 4) is 0 Å². The molecule has 1 N–H and O–H groups in total. The number of hydrogen-bond donors (Lipinski definition) is 1. The van der Waals surface area contributed by atoms with Crippen LogP contribution in [-0.2, 0) is 6.54 Å². The second-order valence-corrected chi connectivity index (χ2v) is 6.02. The van der Waals surface area contributed by atoms with Gasteiger partial charge in [-0.1, -0.05) is 13.8 Å². The minimum absolute atomic E-state index is 0.169. The topological polar surface area (TPSA) is 24.9 Å². The van der Waals surface area contributed by atoms with Gasteiger partial charge in [0.15, 0.2) is 0 Å². The molecule has 1 unspecified atom stereocenters. The van der Waals surface area contributed by atoms with E-state index in [0.717, 1.165) is 13.0 Å². The molecule has 0 amide bonds. The van der Waals surface area contributed by atoms with Crippen molar-refractivity contribution in [2.75, 3.05) is 0 Å². The second-order valence-electron chi connectivity index (χ2n) is 5.08. The van der Waals surface area contributed by atoms with Crippen LogP contribution in [0.1, 0.15) is 57.7 Å². The van der Waals surface area contributed by atoms with Gasteiger partial charge in [0.25, 0.3) is 0 Å². The summed E-state index contributed by atoms with van der Waals surface area (Å²) in [6.45, 7) is 11.8. The highest BCUT2D eigenvalue weighted by atomic mass is 32.1. The predicted octanol–water partition coefficient (Wildman–Crippen LogP) is 3.54. The van der Waals surface area contributed by atoms with Crippen molar-refractivity contribution in [2.45, 2.75) is 59.0 Å². The minimum Gasteiger partial charge on any atom is -0.306 e. The Bertz CT molecular complexity index is 299. The molecule has 0 aliphatic rings. The fourth-order valence-electron chi connectivity index (χ4n) is 1.18. The second kappa shape index (κ2) is 5.08. The van der Waals surface area contributed by atoms with Gasteiger partial charge >= 0.3 is 0 Å². The van der Waals surface area contributed by atoms with Crippen LogP contribution in [-0.4, -0.2) is 10.5 Å². The molecule has 0 spiro atoms. The SMILES string of the molecule is CCC(C)c1csc(CNC(C)(C)C)n1. The van der Waals surface area contributed by atoms with E-state index < -0.39 is 0 Å². The Hall–Kier alpha value is -0.410. The summed E-state index contributed by atoms with van der Waals surface area (Å²) in [5.74, 6) is 0.588. The molecule has 0 aliphatic carbocycles. The highest BCUT2D eigenvalue weighted by Crippen LogP contribution is 2.21. The van der Waals surface area contributed by atoms with E-state index in [-0.39, 0.29) is 5.54 Å². The number of nitrogens with zero attached hydrogens (tertiary/aromatic N) is 1. The Morgan fingerprint density at radius 2 is 2.13 bits per heavy atom. The molecule has 1 aromatic rings. The minimum atomic E-state index is 0.169. The molecule has 0 aliphatic heterocycles. The van der Waals surface area contributed by atoms with Gasteiger partial charge < -0.3 is 5.32 Å². The molecular formula is C12H22N2S. The fraction of sp³-hybridized carbons (Fsp3) is 0.750. The van der Waals surface area contributed by atoms with E-state index in [1.54, 1.807) is 11.3 Å². The summed E-state index contributed by atoms with van der Waals surface area (Å²) >= 11 is 1.76. The Kier molecular flexibility index (Phi) is 4.29. The van der Waals surface area contributed by atoms with Crippen LogP contribution < -0.4 is 5.32 Å². The van der Waals surface area contributed by atoms with Crippen LogP contribution in [0.3, 0.4) is 0 Å². The lowest BCUT2D eigenvalue weighted by molar-refractivity contribution is 0.423. The molecule has 2 nitrogen and oxygen atoms in total. The van der Waals surface area contributed by atoms with Gasteiger partial charge in [0, 0.05) is 17.5 Å². The fourth-order valence-corrected chi connectivity index (χ4v) is 2.04. The summed E-state index contributed by atoms with van der Waals surface area (Å²) in [4.78, 5) is 4.64. The van der Waals surface area contributed by atoms with Gasteiger partial charge in [0.1, 0.15) is 5.01 Å². The molecule has 1 heterocycles. The van der Waals surface area contributed by atoms with Crippen LogP contribution in [0.25, 0.3) is 0 Å². The third kappa shape index (κ3) is 4.31. The van der Waals surface area contributed by atoms with Gasteiger partial charge in [-0.25, -0.2) is 4.98 Å². The summed E-state index contributed by atoms with van der Waals surface area (Å²) < 4.78 is 0. The summed E-state index contributed by atoms with van der Waals surface area (Å²) in [5, 5.41) is 6.84. The molecule has 0 saturated heterocycles. The zero-order valence-corrected chi connectivity index (χ0v) is 11.2. The number of rotatable bonds is 4. The van der Waals surface area contributed by atoms with Crippen molar-refractivity contribution >= 4 is 11.3 Å². The molecule has 1 aromatic heterocycles. The van der Waals surface area contributed by atoms with E-state index in [9.17, 15) is 0 Å². The van der Waals surface area contributed by atoms with Crippen LogP contribution in [0.4, 0.5) is 0 Å². The standard InChI is InChI=1S/C12H22N2S/c1-6-9(2)10-8-15-11(14-10)7-13-12(3,4)5/h8-9,13H,6-7H2,1-5H3. The summed E-state index contributed by atoms with van der Waals surface area (Å²) in [6, 6.07) is 0. The van der Waals surface area contributed by atoms with Gasteiger partial charge in [0.05, 0.1) is 5.69 Å². The molecule has 0 bridgehead atoms. The highest BCUT2D eigenvalue weighted by molar-refractivity contribution is 7.09. The maximum absolute atomic E-state index is 4.64. The zero-order chi connectivity index (χ0) is 11.5. The van der Waals surface area contributed by atoms with Crippen molar-refractivity contribution in [3.05, 3.63) is 16.1 Å². The predicted molar refractivity (Wildman–Crippen MR) is 67.4 cm³/mol. The molecule has 15 heavy (non-hydrogen) atoms. The first kappa shape index (κ1) is 12.7. The summed E-state index contributed by atoms with van der Waals surface area (Å²) in [6.07, 6.45) is 1.16. The molecule has 86 valence electrons. The van der Waals surface area contributed by atoms with Gasteiger partial charge in [-0.2, -0.15) is 0 Å². The largest absolute Gasteiger partial charge is 0.306 e. The Labute approximate surface area is 97.1 Å². The van der Waals surface area contributed by atoms with Gasteiger partial charge in [-0.15, -0.1) is 11.3 Å². The first-order valence-corrected chi connectivity index (χ1v) is 6.49. The lowest BCUT2D eigenvalue weighted by Gasteiger charge is -2.19. The van der Waals surface area contributed by atoms with Crippen LogP contribution in [0.15, 0.2) is 5.38 Å². The van der Waals surface area contributed by atoms with Crippen molar-refractivity contribution in [2.24, 2.45) is 0 Å². The van der Waals surface area contributed by atoms with Crippen LogP contribution >= 0.6 is 11.3 Å². The normalized spacial score (nSPS) is 14.2. The maximum atomic E-state index is 4.64. The van der Waals surface area contributed by atoms with E-state index in [0.29, 0.717) is 5.92 Å². The molecule has 0 saturated carbocycles. The lowest BCUT2D eigenvalue weighted by atomic mass is 10.1. The van der Waals surface area contributed by atoms with E-state index >= 15 is 0 Å². The van der Waals surface area contributed by atoms with Crippen molar-refractivity contribution < 1.29 is 0 Å². The Morgan fingerprint density at radius 3 is 2.67 bits per heavy atom. The summed E-state index contributed by atoms with van der Waals surface area (Å²) in [7, 11) is 0. The Balaban J connectivity index is 2.53. The molecule has 1 atom stereocenters. The number of aromatic nitrogens is 1. The zero-order valence-electron chi connectivity index (χ0n) is 10.4. The number of hydrogen-bond acceptors (Lipinski definition) is 3. The highest BCUT2D eigenvalue weighted by Gasteiger charge is 2.11. The van der Waals surface area contributed by atoms with Crippen LogP contribution in [0.2, 0.25) is 0 Å². The lowest BCUT2D eigenvalue weighted by Crippen LogP contribution is -2.35. The van der Waals surface area contributed by atoms with Gasteiger partial charge in [-0.05, 0) is 33.1 Å². The molecular weight excluding hydrogens is 204 g/mol. The smallest absolute Gasteiger partial charge is 0.107 e. The van der Waals surface area contributed by atoms with Gasteiger partial charge in [-0.3, -0.25) is 0 Å². The first-order valence-electron chi connectivity index (χ1n) is 5.61. The van der Waals surface area contributed by atoms with E-state index in [1.165, 1.54) is 10.7 Å². The van der Waals surface area contributed by atoms with Gasteiger partial charge in [0.2, 0.25) is 0 Å². The quantitative estimate of drug-likeness (QED) is 0.849. The molecule has 0 fully saturated rings. The van der Waals surface area contributed by atoms with Crippen molar-refractivity contribution in [1.29, 1.82) is 0 Å². The first-order chi connectivity index (χ1) is 6.92. The van der Waals surface area contributed by atoms with E-state index in [2.05, 4.69) is 50.3 Å². The third-order valence-corrected chi connectivity index (χ3v) is 3.32. The number of nitrogens with one attached hydrogen (secondary N) is 1. The number of thiazole rings is 1. The van der Waals surface area contributed by atoms with E-state index in [1.807, 2.05) is 0 Å². The molecule has 0 radical (unpaired) electrons. The van der Waals surface area contributed by atoms with Crippen molar-refractivity contribution in [1.82, 2.24) is 10.3 Å². The van der Waals surface area contributed by atoms with Crippen molar-refractivity contribution in [3.63, 3.8) is 0 Å². The molecule has 3 heteroatoms. The Morgan fingerprint density at radius 1 is 1.47 bits per heavy atom. The average molecular weight is 226 g/mol.